The molecule has 1 aromatic heterocycles. The van der Waals surface area contributed by atoms with Gasteiger partial charge < -0.3 is 14.9 Å². The minimum Gasteiger partial charge on any atom is -0.393 e. The molecule has 6 heteroatoms. The first-order valence-corrected chi connectivity index (χ1v) is 10.6. The van der Waals surface area contributed by atoms with E-state index in [0.717, 1.165) is 63.2 Å². The first kappa shape index (κ1) is 24.7. The Labute approximate surface area is 192 Å². The van der Waals surface area contributed by atoms with Crippen LogP contribution in [0.1, 0.15) is 37.0 Å². The Bertz CT molecular complexity index is 844. The number of benzene rings is 1. The number of fused-ring (bicyclic) bond motifs is 1. The van der Waals surface area contributed by atoms with Crippen LogP contribution in [-0.2, 0) is 12.8 Å². The van der Waals surface area contributed by atoms with Crippen LogP contribution in [0.4, 0.5) is 5.82 Å². The third kappa shape index (κ3) is 5.55. The summed E-state index contributed by atoms with van der Waals surface area (Å²) in [6.07, 6.45) is 6.94. The molecule has 1 atom stereocenters. The van der Waals surface area contributed by atoms with E-state index in [1.165, 1.54) is 22.5 Å². The average Bonchev–Trinajstić information content (AvgIpc) is 3.21. The Hall–Kier alpha value is -1.59. The lowest BCUT2D eigenvalue weighted by Gasteiger charge is -2.36. The fourth-order valence-corrected chi connectivity index (χ4v) is 4.14. The highest BCUT2D eigenvalue weighted by Crippen LogP contribution is 2.33. The first-order valence-electron chi connectivity index (χ1n) is 10.6. The Morgan fingerprint density at radius 2 is 1.77 bits per heavy atom. The summed E-state index contributed by atoms with van der Waals surface area (Å²) < 4.78 is 0. The number of anilines is 1. The van der Waals surface area contributed by atoms with Crippen LogP contribution < -0.4 is 4.90 Å². The SMILES string of the molecule is CCN1CCN(c2nc(-c3ccc(CCC(C)O)cc3)cc3c2CC=C3)CC1.Cl.Cl. The maximum absolute atomic E-state index is 9.50. The van der Waals surface area contributed by atoms with Gasteiger partial charge in [-0.2, -0.15) is 0 Å². The van der Waals surface area contributed by atoms with E-state index >= 15 is 0 Å². The van der Waals surface area contributed by atoms with E-state index < -0.39 is 0 Å². The van der Waals surface area contributed by atoms with E-state index in [1.807, 2.05) is 6.92 Å². The lowest BCUT2D eigenvalue weighted by atomic mass is 10.0. The molecule has 0 radical (unpaired) electrons. The number of aliphatic hydroxyl groups excluding tert-OH is 1. The summed E-state index contributed by atoms with van der Waals surface area (Å²) >= 11 is 0. The van der Waals surface area contributed by atoms with E-state index in [9.17, 15) is 5.11 Å². The highest BCUT2D eigenvalue weighted by Gasteiger charge is 2.23. The van der Waals surface area contributed by atoms with Crippen molar-refractivity contribution < 1.29 is 5.11 Å². The molecule has 1 aromatic carbocycles. The van der Waals surface area contributed by atoms with Crippen molar-refractivity contribution in [3.05, 3.63) is 53.1 Å². The molecule has 1 N–H and O–H groups in total. The van der Waals surface area contributed by atoms with Crippen LogP contribution in [-0.4, -0.2) is 53.8 Å². The number of piperazine rings is 1. The topological polar surface area (TPSA) is 39.6 Å². The van der Waals surface area contributed by atoms with Crippen LogP contribution >= 0.6 is 24.8 Å². The van der Waals surface area contributed by atoms with Crippen LogP contribution in [0.3, 0.4) is 0 Å². The molecule has 2 heterocycles. The Balaban J connectivity index is 0.00000160. The second-order valence-electron chi connectivity index (χ2n) is 8.01. The molecule has 30 heavy (non-hydrogen) atoms. The summed E-state index contributed by atoms with van der Waals surface area (Å²) in [5.41, 5.74) is 6.18. The molecule has 164 valence electrons. The molecule has 2 aromatic rings. The Morgan fingerprint density at radius 1 is 1.07 bits per heavy atom. The zero-order valence-electron chi connectivity index (χ0n) is 17.9. The summed E-state index contributed by atoms with van der Waals surface area (Å²) in [6.45, 7) is 9.54. The maximum atomic E-state index is 9.50. The van der Waals surface area contributed by atoms with Gasteiger partial charge in [-0.25, -0.2) is 4.98 Å². The van der Waals surface area contributed by atoms with E-state index in [1.54, 1.807) is 0 Å². The van der Waals surface area contributed by atoms with Gasteiger partial charge in [-0.1, -0.05) is 43.3 Å². The van der Waals surface area contributed by atoms with Crippen molar-refractivity contribution in [2.24, 2.45) is 0 Å². The van der Waals surface area contributed by atoms with Crippen LogP contribution in [0.5, 0.6) is 0 Å². The number of halogens is 2. The number of aromatic nitrogens is 1. The van der Waals surface area contributed by atoms with Gasteiger partial charge in [-0.15, -0.1) is 24.8 Å². The second kappa shape index (κ2) is 11.1. The summed E-state index contributed by atoms with van der Waals surface area (Å²) in [5.74, 6) is 1.17. The third-order valence-corrected chi connectivity index (χ3v) is 5.98. The number of pyridine rings is 1. The molecular weight excluding hydrogens is 417 g/mol. The Kier molecular flexibility index (Phi) is 9.17. The average molecular weight is 450 g/mol. The van der Waals surface area contributed by atoms with Crippen molar-refractivity contribution in [3.63, 3.8) is 0 Å². The van der Waals surface area contributed by atoms with Gasteiger partial charge in [-0.05, 0) is 49.9 Å². The summed E-state index contributed by atoms with van der Waals surface area (Å²) in [7, 11) is 0. The molecule has 1 saturated heterocycles. The molecule has 1 aliphatic carbocycles. The predicted molar refractivity (Wildman–Crippen MR) is 131 cm³/mol. The van der Waals surface area contributed by atoms with Gasteiger partial charge in [0, 0.05) is 37.3 Å². The number of aliphatic hydroxyl groups is 1. The van der Waals surface area contributed by atoms with Gasteiger partial charge in [0.25, 0.3) is 0 Å². The molecular formula is C24H33Cl2N3O. The van der Waals surface area contributed by atoms with Crippen molar-refractivity contribution in [1.82, 2.24) is 9.88 Å². The molecule has 0 spiro atoms. The monoisotopic (exact) mass is 449 g/mol. The zero-order valence-corrected chi connectivity index (χ0v) is 19.5. The lowest BCUT2D eigenvalue weighted by Crippen LogP contribution is -2.46. The zero-order chi connectivity index (χ0) is 19.5. The molecule has 0 bridgehead atoms. The van der Waals surface area contributed by atoms with Gasteiger partial charge in [0.1, 0.15) is 5.82 Å². The fourth-order valence-electron chi connectivity index (χ4n) is 4.14. The molecule has 1 aliphatic heterocycles. The van der Waals surface area contributed by atoms with Crippen molar-refractivity contribution in [2.45, 2.75) is 39.2 Å². The van der Waals surface area contributed by atoms with E-state index in [2.05, 4.69) is 59.2 Å². The number of hydrogen-bond donors (Lipinski definition) is 1. The summed E-state index contributed by atoms with van der Waals surface area (Å²) in [4.78, 5) is 10.1. The first-order chi connectivity index (χ1) is 13.6. The van der Waals surface area contributed by atoms with Gasteiger partial charge in [0.15, 0.2) is 0 Å². The van der Waals surface area contributed by atoms with Crippen LogP contribution in [0.2, 0.25) is 0 Å². The maximum Gasteiger partial charge on any atom is 0.133 e. The molecule has 1 fully saturated rings. The van der Waals surface area contributed by atoms with Gasteiger partial charge in [-0.3, -0.25) is 0 Å². The second-order valence-corrected chi connectivity index (χ2v) is 8.01. The highest BCUT2D eigenvalue weighted by molar-refractivity contribution is 5.85. The van der Waals surface area contributed by atoms with Crippen molar-refractivity contribution in [1.29, 1.82) is 0 Å². The smallest absolute Gasteiger partial charge is 0.133 e. The van der Waals surface area contributed by atoms with E-state index in [-0.39, 0.29) is 30.9 Å². The minimum absolute atomic E-state index is 0. The Morgan fingerprint density at radius 3 is 2.40 bits per heavy atom. The van der Waals surface area contributed by atoms with E-state index in [4.69, 9.17) is 4.98 Å². The van der Waals surface area contributed by atoms with Crippen molar-refractivity contribution >= 4 is 36.7 Å². The quantitative estimate of drug-likeness (QED) is 0.698. The van der Waals surface area contributed by atoms with Crippen molar-refractivity contribution in [2.75, 3.05) is 37.6 Å². The number of hydrogen-bond acceptors (Lipinski definition) is 4. The minimum atomic E-state index is -0.249. The molecule has 4 nitrogen and oxygen atoms in total. The number of aryl methyl sites for hydroxylation is 1. The van der Waals surface area contributed by atoms with Crippen LogP contribution in [0.15, 0.2) is 36.4 Å². The largest absolute Gasteiger partial charge is 0.393 e. The summed E-state index contributed by atoms with van der Waals surface area (Å²) in [5, 5.41) is 9.50. The van der Waals surface area contributed by atoms with Crippen LogP contribution in [0.25, 0.3) is 17.3 Å². The molecule has 4 rings (SSSR count). The third-order valence-electron chi connectivity index (χ3n) is 5.98. The standard InChI is InChI=1S/C24H31N3O.2ClH/c1-3-26-13-15-27(16-14-26)24-22-6-4-5-21(22)17-23(25-24)20-11-9-19(10-12-20)8-7-18(2)28;;/h4-5,9-12,17-18,28H,3,6-8,13-16H2,1-2H3;2*1H. The molecule has 0 saturated carbocycles. The molecule has 2 aliphatic rings. The van der Waals surface area contributed by atoms with Crippen molar-refractivity contribution in [3.8, 4) is 11.3 Å². The predicted octanol–water partition coefficient (Wildman–Crippen LogP) is 4.62. The summed E-state index contributed by atoms with van der Waals surface area (Å²) in [6, 6.07) is 10.9. The number of nitrogens with zero attached hydrogens (tertiary/aromatic N) is 3. The lowest BCUT2D eigenvalue weighted by molar-refractivity contribution is 0.185. The van der Waals surface area contributed by atoms with Gasteiger partial charge >= 0.3 is 0 Å². The number of allylic oxidation sites excluding steroid dienone is 1. The highest BCUT2D eigenvalue weighted by atomic mass is 35.5. The fraction of sp³-hybridized carbons (Fsp3) is 0.458. The normalized spacial score (nSPS) is 16.6. The number of rotatable bonds is 6. The molecule has 0 amide bonds. The molecule has 1 unspecified atom stereocenters. The van der Waals surface area contributed by atoms with E-state index in [0.29, 0.717) is 0 Å². The number of likely N-dealkylation sites (N-methyl/N-ethyl adjacent to an activating group) is 1. The van der Waals surface area contributed by atoms with Gasteiger partial charge in [0.05, 0.1) is 11.8 Å². The van der Waals surface area contributed by atoms with Crippen LogP contribution in [0, 0.1) is 0 Å². The van der Waals surface area contributed by atoms with Gasteiger partial charge in [0.2, 0.25) is 0 Å².